The molecule has 1 unspecified atom stereocenters. The number of hydrogen-bond acceptors (Lipinski definition) is 2. The lowest BCUT2D eigenvalue weighted by atomic mass is 10.0. The molecule has 3 atom stereocenters. The average Bonchev–Trinajstić information content (AvgIpc) is 3.12. The summed E-state index contributed by atoms with van der Waals surface area (Å²) in [5, 5.41) is 10.4. The Labute approximate surface area is 150 Å². The molecule has 1 fully saturated rings. The van der Waals surface area contributed by atoms with Crippen LogP contribution in [0, 0.1) is 0 Å². The highest BCUT2D eigenvalue weighted by Gasteiger charge is 2.40. The first-order valence-electron chi connectivity index (χ1n) is 9.32. The van der Waals surface area contributed by atoms with Gasteiger partial charge in [-0.15, -0.1) is 0 Å². The van der Waals surface area contributed by atoms with Crippen LogP contribution in [-0.4, -0.2) is 22.0 Å². The number of benzene rings is 2. The monoisotopic (exact) mass is 337 g/mol. The van der Waals surface area contributed by atoms with E-state index in [0.29, 0.717) is 6.42 Å². The summed E-state index contributed by atoms with van der Waals surface area (Å²) in [5.74, 6) is -0.131. The zero-order valence-electron chi connectivity index (χ0n) is 14.8. The Kier molecular flexibility index (Phi) is 5.87. The summed E-state index contributed by atoms with van der Waals surface area (Å²) in [6, 6.07) is 20.4. The van der Waals surface area contributed by atoms with Crippen molar-refractivity contribution in [2.24, 2.45) is 0 Å². The van der Waals surface area contributed by atoms with Crippen molar-refractivity contribution in [1.82, 2.24) is 4.90 Å². The number of amides is 1. The standard InChI is InChI=1S/C22H27NO2/c1-2-3-14-21(24)22(25)23-19(17-10-6-4-7-11-17)15-16-20(23)18-12-8-5-9-13-18/h4-13,19-21,24H,2-3,14-16H2,1H3/t19-,20-,21?/m0/s1. The number of hydrogen-bond donors (Lipinski definition) is 1. The predicted molar refractivity (Wildman–Crippen MR) is 100.0 cm³/mol. The van der Waals surface area contributed by atoms with E-state index in [1.54, 1.807) is 0 Å². The predicted octanol–water partition coefficient (Wildman–Crippen LogP) is 4.64. The topological polar surface area (TPSA) is 40.5 Å². The fraction of sp³-hybridized carbons (Fsp3) is 0.409. The molecule has 1 N–H and O–H groups in total. The van der Waals surface area contributed by atoms with E-state index >= 15 is 0 Å². The van der Waals surface area contributed by atoms with Crippen molar-refractivity contribution >= 4 is 5.91 Å². The van der Waals surface area contributed by atoms with Crippen molar-refractivity contribution in [3.63, 3.8) is 0 Å². The van der Waals surface area contributed by atoms with Gasteiger partial charge in [0.2, 0.25) is 0 Å². The summed E-state index contributed by atoms with van der Waals surface area (Å²) >= 11 is 0. The number of unbranched alkanes of at least 4 members (excludes halogenated alkanes) is 1. The molecule has 1 aliphatic rings. The molecule has 2 aromatic rings. The van der Waals surface area contributed by atoms with E-state index in [0.717, 1.165) is 36.8 Å². The molecule has 3 heteroatoms. The number of rotatable bonds is 6. The molecule has 1 heterocycles. The minimum Gasteiger partial charge on any atom is -0.383 e. The summed E-state index contributed by atoms with van der Waals surface area (Å²) in [4.78, 5) is 15.0. The zero-order chi connectivity index (χ0) is 17.6. The lowest BCUT2D eigenvalue weighted by molar-refractivity contribution is -0.144. The van der Waals surface area contributed by atoms with Gasteiger partial charge in [0.1, 0.15) is 6.10 Å². The van der Waals surface area contributed by atoms with Gasteiger partial charge in [-0.2, -0.15) is 0 Å². The highest BCUT2D eigenvalue weighted by molar-refractivity contribution is 5.82. The third kappa shape index (κ3) is 3.93. The van der Waals surface area contributed by atoms with E-state index < -0.39 is 6.10 Å². The second-order valence-electron chi connectivity index (χ2n) is 6.83. The molecule has 0 aromatic heterocycles. The number of likely N-dealkylation sites (tertiary alicyclic amines) is 1. The van der Waals surface area contributed by atoms with Crippen molar-refractivity contribution < 1.29 is 9.90 Å². The maximum atomic E-state index is 13.1. The Morgan fingerprint density at radius 1 is 1.00 bits per heavy atom. The van der Waals surface area contributed by atoms with E-state index in [1.165, 1.54) is 0 Å². The van der Waals surface area contributed by atoms with Crippen LogP contribution in [0.15, 0.2) is 60.7 Å². The van der Waals surface area contributed by atoms with E-state index in [2.05, 4.69) is 31.2 Å². The van der Waals surface area contributed by atoms with Crippen LogP contribution in [-0.2, 0) is 4.79 Å². The molecule has 2 aromatic carbocycles. The molecule has 0 saturated carbocycles. The Morgan fingerprint density at radius 2 is 1.48 bits per heavy atom. The van der Waals surface area contributed by atoms with Crippen LogP contribution in [0.1, 0.15) is 62.2 Å². The van der Waals surface area contributed by atoms with Crippen molar-refractivity contribution in [1.29, 1.82) is 0 Å². The minimum absolute atomic E-state index is 0.0372. The fourth-order valence-corrected chi connectivity index (χ4v) is 3.82. The number of carbonyl (C=O) groups excluding carboxylic acids is 1. The van der Waals surface area contributed by atoms with Gasteiger partial charge < -0.3 is 10.0 Å². The second kappa shape index (κ2) is 8.30. The minimum atomic E-state index is -0.907. The van der Waals surface area contributed by atoms with E-state index in [-0.39, 0.29) is 18.0 Å². The summed E-state index contributed by atoms with van der Waals surface area (Å²) in [5.41, 5.74) is 2.30. The Morgan fingerprint density at radius 3 is 1.92 bits per heavy atom. The van der Waals surface area contributed by atoms with Gasteiger partial charge in [0.15, 0.2) is 0 Å². The van der Waals surface area contributed by atoms with Crippen molar-refractivity contribution in [3.8, 4) is 0 Å². The van der Waals surface area contributed by atoms with E-state index in [1.807, 2.05) is 41.3 Å². The first kappa shape index (κ1) is 17.7. The maximum absolute atomic E-state index is 13.1. The van der Waals surface area contributed by atoms with Crippen molar-refractivity contribution in [3.05, 3.63) is 71.8 Å². The summed E-state index contributed by atoms with van der Waals surface area (Å²) in [7, 11) is 0. The van der Waals surface area contributed by atoms with Gasteiger partial charge in [0, 0.05) is 0 Å². The highest BCUT2D eigenvalue weighted by atomic mass is 16.3. The van der Waals surface area contributed by atoms with Crippen molar-refractivity contribution in [2.45, 2.75) is 57.2 Å². The molecule has 0 aliphatic carbocycles. The molecule has 0 bridgehead atoms. The number of carbonyl (C=O) groups is 1. The van der Waals surface area contributed by atoms with Crippen LogP contribution >= 0.6 is 0 Å². The van der Waals surface area contributed by atoms with Crippen LogP contribution in [0.2, 0.25) is 0 Å². The quantitative estimate of drug-likeness (QED) is 0.834. The SMILES string of the molecule is CCCCC(O)C(=O)N1[C@H](c2ccccc2)CC[C@H]1c1ccccc1. The van der Waals surface area contributed by atoms with Crippen LogP contribution in [0.25, 0.3) is 0 Å². The molecule has 1 aliphatic heterocycles. The average molecular weight is 337 g/mol. The van der Waals surface area contributed by atoms with Crippen LogP contribution < -0.4 is 0 Å². The molecule has 132 valence electrons. The lowest BCUT2D eigenvalue weighted by Crippen LogP contribution is -2.40. The normalized spacial score (nSPS) is 21.3. The highest BCUT2D eigenvalue weighted by Crippen LogP contribution is 2.44. The Balaban J connectivity index is 1.90. The fourth-order valence-electron chi connectivity index (χ4n) is 3.82. The first-order chi connectivity index (χ1) is 12.2. The van der Waals surface area contributed by atoms with E-state index in [4.69, 9.17) is 0 Å². The molecular weight excluding hydrogens is 310 g/mol. The lowest BCUT2D eigenvalue weighted by Gasteiger charge is -2.33. The molecule has 0 spiro atoms. The smallest absolute Gasteiger partial charge is 0.252 e. The summed E-state index contributed by atoms with van der Waals surface area (Å²) < 4.78 is 0. The van der Waals surface area contributed by atoms with Gasteiger partial charge in [-0.25, -0.2) is 0 Å². The number of nitrogens with zero attached hydrogens (tertiary/aromatic N) is 1. The Bertz CT molecular complexity index is 623. The Hall–Kier alpha value is -2.13. The molecule has 1 amide bonds. The van der Waals surface area contributed by atoms with Gasteiger partial charge in [0.25, 0.3) is 5.91 Å². The molecule has 0 radical (unpaired) electrons. The van der Waals surface area contributed by atoms with Gasteiger partial charge in [-0.1, -0.05) is 80.4 Å². The van der Waals surface area contributed by atoms with E-state index in [9.17, 15) is 9.90 Å². The van der Waals surface area contributed by atoms with Gasteiger partial charge in [-0.05, 0) is 30.4 Å². The van der Waals surface area contributed by atoms with Crippen LogP contribution in [0.3, 0.4) is 0 Å². The number of aliphatic hydroxyl groups excluding tert-OH is 1. The molecule has 3 nitrogen and oxygen atoms in total. The van der Waals surface area contributed by atoms with Gasteiger partial charge >= 0.3 is 0 Å². The van der Waals surface area contributed by atoms with Gasteiger partial charge in [0.05, 0.1) is 12.1 Å². The molecule has 25 heavy (non-hydrogen) atoms. The zero-order valence-corrected chi connectivity index (χ0v) is 14.8. The largest absolute Gasteiger partial charge is 0.383 e. The summed E-state index contributed by atoms with van der Waals surface area (Å²) in [6.45, 7) is 2.08. The molecular formula is C22H27NO2. The van der Waals surface area contributed by atoms with Crippen LogP contribution in [0.4, 0.5) is 0 Å². The second-order valence-corrected chi connectivity index (χ2v) is 6.83. The molecule has 1 saturated heterocycles. The molecule has 3 rings (SSSR count). The van der Waals surface area contributed by atoms with Crippen molar-refractivity contribution in [2.75, 3.05) is 0 Å². The van der Waals surface area contributed by atoms with Crippen LogP contribution in [0.5, 0.6) is 0 Å². The first-order valence-corrected chi connectivity index (χ1v) is 9.32. The summed E-state index contributed by atoms with van der Waals surface area (Å²) in [6.07, 6.45) is 3.33. The maximum Gasteiger partial charge on any atom is 0.252 e. The third-order valence-electron chi connectivity index (χ3n) is 5.12. The van der Waals surface area contributed by atoms with Gasteiger partial charge in [-0.3, -0.25) is 4.79 Å². The number of aliphatic hydroxyl groups is 1. The third-order valence-corrected chi connectivity index (χ3v) is 5.12.